The molecule has 0 radical (unpaired) electrons. The highest BCUT2D eigenvalue weighted by Gasteiger charge is 2.20. The molecule has 1 saturated carbocycles. The molecular weight excluding hydrogens is 294 g/mol. The Labute approximate surface area is 126 Å². The van der Waals surface area contributed by atoms with Gasteiger partial charge < -0.3 is 4.74 Å². The third kappa shape index (κ3) is 6.67. The van der Waals surface area contributed by atoms with Gasteiger partial charge in [0, 0.05) is 19.6 Å². The lowest BCUT2D eigenvalue weighted by Crippen LogP contribution is -2.37. The second-order valence-electron chi connectivity index (χ2n) is 5.31. The zero-order valence-electron chi connectivity index (χ0n) is 12.2. The Morgan fingerprint density at radius 3 is 2.62 bits per heavy atom. The predicted octanol–water partition coefficient (Wildman–Crippen LogP) is 1.09. The number of ether oxygens (including phenoxy) is 1. The standard InChI is InChI=1S/C13H23N3O4S/c17-21(18,20-13-4-2-1-3-5-13)15-12-14-6-7-16-8-10-19-11-9-16/h13H,1-11H2. The van der Waals surface area contributed by atoms with Gasteiger partial charge in [-0.05, 0) is 12.8 Å². The van der Waals surface area contributed by atoms with E-state index in [1.54, 1.807) is 0 Å². The van der Waals surface area contributed by atoms with Crippen molar-refractivity contribution in [2.24, 2.45) is 9.39 Å². The van der Waals surface area contributed by atoms with Gasteiger partial charge in [0.25, 0.3) is 0 Å². The van der Waals surface area contributed by atoms with Gasteiger partial charge in [0.05, 0.1) is 25.9 Å². The van der Waals surface area contributed by atoms with Crippen LogP contribution >= 0.6 is 0 Å². The van der Waals surface area contributed by atoms with Gasteiger partial charge in [0.15, 0.2) is 0 Å². The third-order valence-electron chi connectivity index (χ3n) is 3.66. The highest BCUT2D eigenvalue weighted by atomic mass is 32.2. The second kappa shape index (κ2) is 8.60. The first-order valence-corrected chi connectivity index (χ1v) is 8.89. The van der Waals surface area contributed by atoms with E-state index < -0.39 is 10.3 Å². The molecule has 2 fully saturated rings. The third-order valence-corrected chi connectivity index (χ3v) is 4.49. The number of morpholine rings is 1. The molecule has 120 valence electrons. The molecule has 0 aromatic rings. The van der Waals surface area contributed by atoms with E-state index >= 15 is 0 Å². The summed E-state index contributed by atoms with van der Waals surface area (Å²) in [5, 5.41) is 0. The zero-order chi connectivity index (χ0) is 15.0. The van der Waals surface area contributed by atoms with E-state index in [-0.39, 0.29) is 6.10 Å². The summed E-state index contributed by atoms with van der Waals surface area (Å²) in [7, 11) is -3.90. The van der Waals surface area contributed by atoms with Crippen molar-refractivity contribution in [3.63, 3.8) is 0 Å². The normalized spacial score (nSPS) is 21.7. The topological polar surface area (TPSA) is 80.6 Å². The molecule has 1 aliphatic heterocycles. The quantitative estimate of drug-likeness (QED) is 0.685. The molecule has 0 amide bonds. The van der Waals surface area contributed by atoms with Crippen LogP contribution in [0.15, 0.2) is 9.39 Å². The highest BCUT2D eigenvalue weighted by Crippen LogP contribution is 2.21. The summed E-state index contributed by atoms with van der Waals surface area (Å²) in [6.45, 7) is 4.48. The van der Waals surface area contributed by atoms with E-state index in [1.807, 2.05) is 0 Å². The lowest BCUT2D eigenvalue weighted by Gasteiger charge is -2.25. The van der Waals surface area contributed by atoms with E-state index in [9.17, 15) is 8.42 Å². The Bertz CT molecular complexity index is 462. The number of rotatable bonds is 6. The molecule has 8 heteroatoms. The Kier molecular flexibility index (Phi) is 6.79. The summed E-state index contributed by atoms with van der Waals surface area (Å²) >= 11 is 0. The van der Waals surface area contributed by atoms with Crippen molar-refractivity contribution in [2.75, 3.05) is 39.4 Å². The molecule has 0 N–H and O–H groups in total. The van der Waals surface area contributed by atoms with Gasteiger partial charge in [-0.25, -0.2) is 9.18 Å². The van der Waals surface area contributed by atoms with E-state index in [4.69, 9.17) is 8.92 Å². The Morgan fingerprint density at radius 2 is 1.90 bits per heavy atom. The summed E-state index contributed by atoms with van der Waals surface area (Å²) in [6, 6.07) is 2.23. The molecule has 1 saturated heterocycles. The van der Waals surface area contributed by atoms with Crippen LogP contribution in [0.25, 0.3) is 0 Å². The second-order valence-corrected chi connectivity index (χ2v) is 6.54. The monoisotopic (exact) mass is 317 g/mol. The molecule has 2 aliphatic rings. The SMILES string of the molecule is O=S(=O)(N=C=NCCN1CCOCC1)OC1CCCCC1. The van der Waals surface area contributed by atoms with E-state index in [0.29, 0.717) is 6.54 Å². The van der Waals surface area contributed by atoms with Crippen LogP contribution in [0.3, 0.4) is 0 Å². The van der Waals surface area contributed by atoms with Gasteiger partial charge in [0.1, 0.15) is 6.01 Å². The maximum absolute atomic E-state index is 11.6. The zero-order valence-corrected chi connectivity index (χ0v) is 13.1. The van der Waals surface area contributed by atoms with Crippen LogP contribution in [-0.2, 0) is 19.2 Å². The van der Waals surface area contributed by atoms with Crippen molar-refractivity contribution in [3.05, 3.63) is 0 Å². The van der Waals surface area contributed by atoms with E-state index in [2.05, 4.69) is 20.3 Å². The molecule has 21 heavy (non-hydrogen) atoms. The maximum atomic E-state index is 11.6. The number of hydrogen-bond donors (Lipinski definition) is 0. The first-order chi connectivity index (χ1) is 10.2. The molecular formula is C13H23N3O4S. The molecule has 1 aliphatic carbocycles. The first-order valence-electron chi connectivity index (χ1n) is 7.52. The van der Waals surface area contributed by atoms with Crippen molar-refractivity contribution in [1.82, 2.24) is 4.90 Å². The molecule has 0 spiro atoms. The van der Waals surface area contributed by atoms with Gasteiger partial charge in [-0.2, -0.15) is 8.42 Å². The van der Waals surface area contributed by atoms with Crippen LogP contribution in [0.2, 0.25) is 0 Å². The Hall–Kier alpha value is -0.790. The fourth-order valence-corrected chi connectivity index (χ4v) is 3.24. The largest absolute Gasteiger partial charge is 0.390 e. The Balaban J connectivity index is 1.71. The molecule has 0 unspecified atom stereocenters. The lowest BCUT2D eigenvalue weighted by atomic mass is 9.98. The summed E-state index contributed by atoms with van der Waals surface area (Å²) in [6.07, 6.45) is 4.50. The van der Waals surface area contributed by atoms with Crippen LogP contribution in [0.4, 0.5) is 0 Å². The summed E-state index contributed by atoms with van der Waals surface area (Å²) in [5.74, 6) is 0. The fourth-order valence-electron chi connectivity index (χ4n) is 2.50. The molecule has 0 atom stereocenters. The molecule has 1 heterocycles. The molecule has 7 nitrogen and oxygen atoms in total. The van der Waals surface area contributed by atoms with Crippen molar-refractivity contribution in [2.45, 2.75) is 38.2 Å². The smallest absolute Gasteiger partial charge is 0.379 e. The lowest BCUT2D eigenvalue weighted by molar-refractivity contribution is 0.0395. The molecule has 0 bridgehead atoms. The number of nitrogens with zero attached hydrogens (tertiary/aromatic N) is 3. The minimum Gasteiger partial charge on any atom is -0.379 e. The maximum Gasteiger partial charge on any atom is 0.390 e. The van der Waals surface area contributed by atoms with Crippen LogP contribution < -0.4 is 0 Å². The van der Waals surface area contributed by atoms with Gasteiger partial charge in [-0.3, -0.25) is 4.90 Å². The number of aliphatic imine (C=N–C) groups is 1. The summed E-state index contributed by atoms with van der Waals surface area (Å²) < 4.78 is 36.8. The van der Waals surface area contributed by atoms with Crippen molar-refractivity contribution >= 4 is 16.3 Å². The fraction of sp³-hybridized carbons (Fsp3) is 0.923. The van der Waals surface area contributed by atoms with Crippen LogP contribution in [0.5, 0.6) is 0 Å². The van der Waals surface area contributed by atoms with Gasteiger partial charge >= 0.3 is 10.3 Å². The minimum absolute atomic E-state index is 0.234. The predicted molar refractivity (Wildman–Crippen MR) is 78.9 cm³/mol. The molecule has 0 aromatic carbocycles. The van der Waals surface area contributed by atoms with E-state index in [1.165, 1.54) is 0 Å². The van der Waals surface area contributed by atoms with Crippen molar-refractivity contribution in [3.8, 4) is 0 Å². The van der Waals surface area contributed by atoms with Crippen molar-refractivity contribution in [1.29, 1.82) is 0 Å². The van der Waals surface area contributed by atoms with Crippen LogP contribution in [0.1, 0.15) is 32.1 Å². The van der Waals surface area contributed by atoms with Gasteiger partial charge in [0.2, 0.25) is 0 Å². The van der Waals surface area contributed by atoms with Crippen LogP contribution in [0, 0.1) is 0 Å². The first kappa shape index (κ1) is 16.6. The average Bonchev–Trinajstić information content (AvgIpc) is 2.48. The minimum atomic E-state index is -3.90. The van der Waals surface area contributed by atoms with E-state index in [0.717, 1.165) is 65.0 Å². The molecule has 0 aromatic heterocycles. The van der Waals surface area contributed by atoms with Crippen molar-refractivity contribution < 1.29 is 17.3 Å². The van der Waals surface area contributed by atoms with Gasteiger partial charge in [-0.15, -0.1) is 0 Å². The summed E-state index contributed by atoms with van der Waals surface area (Å²) in [4.78, 5) is 6.10. The highest BCUT2D eigenvalue weighted by molar-refractivity contribution is 7.85. The average molecular weight is 317 g/mol. The van der Waals surface area contributed by atoms with Crippen LogP contribution in [-0.4, -0.2) is 64.8 Å². The summed E-state index contributed by atoms with van der Waals surface area (Å²) in [5.41, 5.74) is 0. The Morgan fingerprint density at radius 1 is 1.19 bits per heavy atom. The molecule has 2 rings (SSSR count). The van der Waals surface area contributed by atoms with Gasteiger partial charge in [-0.1, -0.05) is 23.7 Å². The number of hydrogen-bond acceptors (Lipinski definition) is 6.